The summed E-state index contributed by atoms with van der Waals surface area (Å²) in [6, 6.07) is 4.75. The van der Waals surface area contributed by atoms with Crippen molar-refractivity contribution in [3.05, 3.63) is 53.5 Å². The molecule has 2 aromatic rings. The summed E-state index contributed by atoms with van der Waals surface area (Å²) in [6.45, 7) is 0. The van der Waals surface area contributed by atoms with Gasteiger partial charge in [0.25, 0.3) is 0 Å². The predicted molar refractivity (Wildman–Crippen MR) is 60.9 cm³/mol. The first-order chi connectivity index (χ1) is 8.19. The number of pyridine rings is 1. The van der Waals surface area contributed by atoms with Crippen molar-refractivity contribution in [1.82, 2.24) is 4.98 Å². The fraction of sp³-hybridized carbons (Fsp3) is 0. The number of anilines is 3. The normalized spacial score (nSPS) is 10.1. The van der Waals surface area contributed by atoms with E-state index in [4.69, 9.17) is 0 Å². The van der Waals surface area contributed by atoms with Crippen molar-refractivity contribution in [3.8, 4) is 0 Å². The number of nitrogens with zero attached hydrogens (tertiary/aromatic N) is 1. The molecule has 2 rings (SSSR count). The summed E-state index contributed by atoms with van der Waals surface area (Å²) < 4.78 is 25.9. The molecule has 1 aromatic carbocycles. The quantitative estimate of drug-likeness (QED) is 0.804. The molecule has 1 heterocycles. The van der Waals surface area contributed by atoms with Gasteiger partial charge in [0.15, 0.2) is 0 Å². The van der Waals surface area contributed by atoms with E-state index in [2.05, 4.69) is 10.3 Å². The number of benzene rings is 1. The van der Waals surface area contributed by atoms with Gasteiger partial charge < -0.3 is 16.0 Å². The Bertz CT molecular complexity index is 534. The van der Waals surface area contributed by atoms with Gasteiger partial charge in [0.2, 0.25) is 0 Å². The third kappa shape index (κ3) is 2.67. The third-order valence-corrected chi connectivity index (χ3v) is 2.08. The van der Waals surface area contributed by atoms with Crippen molar-refractivity contribution >= 4 is 17.1 Å². The molecular weight excluding hydrogens is 228 g/mol. The Kier molecular flexibility index (Phi) is 3.15. The maximum atomic E-state index is 13.0. The zero-order valence-corrected chi connectivity index (χ0v) is 8.58. The standard InChI is InChI=1S/C11H8F2N3O/c12-7-1-2-10(16-17)11(4-7)15-9-3-8(13)5-14-6-9/h1-6,15-16H/q-1. The summed E-state index contributed by atoms with van der Waals surface area (Å²) in [7, 11) is 0. The van der Waals surface area contributed by atoms with Crippen LogP contribution in [0.1, 0.15) is 0 Å². The van der Waals surface area contributed by atoms with E-state index in [1.54, 1.807) is 5.48 Å². The smallest absolute Gasteiger partial charge is 0.143 e. The van der Waals surface area contributed by atoms with E-state index in [0.29, 0.717) is 5.69 Å². The number of aromatic nitrogens is 1. The van der Waals surface area contributed by atoms with Crippen LogP contribution >= 0.6 is 0 Å². The second kappa shape index (κ2) is 4.75. The minimum absolute atomic E-state index is 0.163. The van der Waals surface area contributed by atoms with E-state index >= 15 is 0 Å². The molecule has 0 radical (unpaired) electrons. The average Bonchev–Trinajstić information content (AvgIpc) is 2.29. The largest absolute Gasteiger partial charge is 0.761 e. The Hall–Kier alpha value is -2.21. The van der Waals surface area contributed by atoms with E-state index in [1.165, 1.54) is 18.3 Å². The van der Waals surface area contributed by atoms with Crippen molar-refractivity contribution in [2.75, 3.05) is 10.8 Å². The molecule has 0 amide bonds. The number of hydrogen-bond donors (Lipinski definition) is 2. The average molecular weight is 236 g/mol. The van der Waals surface area contributed by atoms with Crippen LogP contribution in [0.4, 0.5) is 25.8 Å². The minimum atomic E-state index is -0.525. The molecule has 0 saturated heterocycles. The van der Waals surface area contributed by atoms with Crippen LogP contribution in [0.2, 0.25) is 0 Å². The third-order valence-electron chi connectivity index (χ3n) is 2.08. The molecule has 0 aliphatic carbocycles. The topological polar surface area (TPSA) is 60.0 Å². The second-order valence-corrected chi connectivity index (χ2v) is 3.31. The van der Waals surface area contributed by atoms with Gasteiger partial charge in [-0.15, -0.1) is 0 Å². The second-order valence-electron chi connectivity index (χ2n) is 3.31. The Morgan fingerprint density at radius 1 is 1.00 bits per heavy atom. The summed E-state index contributed by atoms with van der Waals surface area (Å²) >= 11 is 0. The van der Waals surface area contributed by atoms with Gasteiger partial charge in [-0.05, 0) is 18.2 Å². The molecule has 0 aliphatic heterocycles. The van der Waals surface area contributed by atoms with E-state index in [-0.39, 0.29) is 11.4 Å². The molecule has 0 unspecified atom stereocenters. The first-order valence-electron chi connectivity index (χ1n) is 4.74. The van der Waals surface area contributed by atoms with Gasteiger partial charge >= 0.3 is 0 Å². The van der Waals surface area contributed by atoms with Crippen LogP contribution < -0.4 is 10.8 Å². The lowest BCUT2D eigenvalue weighted by Crippen LogP contribution is -1.97. The van der Waals surface area contributed by atoms with E-state index in [0.717, 1.165) is 18.3 Å². The van der Waals surface area contributed by atoms with Gasteiger partial charge in [-0.2, -0.15) is 0 Å². The minimum Gasteiger partial charge on any atom is -0.761 e. The van der Waals surface area contributed by atoms with Crippen LogP contribution in [-0.2, 0) is 0 Å². The summed E-state index contributed by atoms with van der Waals surface area (Å²) in [5.41, 5.74) is 2.37. The molecule has 2 N–H and O–H groups in total. The Morgan fingerprint density at radius 3 is 2.53 bits per heavy atom. The van der Waals surface area contributed by atoms with Crippen LogP contribution in [0.5, 0.6) is 0 Å². The van der Waals surface area contributed by atoms with Crippen molar-refractivity contribution < 1.29 is 8.78 Å². The number of halogens is 2. The van der Waals surface area contributed by atoms with Gasteiger partial charge in [-0.25, -0.2) is 8.78 Å². The molecule has 0 atom stereocenters. The number of hydrogen-bond acceptors (Lipinski definition) is 4. The first kappa shape index (κ1) is 11.3. The highest BCUT2D eigenvalue weighted by Crippen LogP contribution is 2.26. The van der Waals surface area contributed by atoms with Crippen molar-refractivity contribution in [2.45, 2.75) is 0 Å². The molecule has 0 bridgehead atoms. The Morgan fingerprint density at radius 2 is 1.82 bits per heavy atom. The lowest BCUT2D eigenvalue weighted by atomic mass is 10.2. The Balaban J connectivity index is 2.32. The van der Waals surface area contributed by atoms with Gasteiger partial charge in [0.1, 0.15) is 11.6 Å². The van der Waals surface area contributed by atoms with Gasteiger partial charge in [0.05, 0.1) is 23.8 Å². The predicted octanol–water partition coefficient (Wildman–Crippen LogP) is 3.01. The number of rotatable bonds is 3. The lowest BCUT2D eigenvalue weighted by Gasteiger charge is -2.16. The molecule has 0 aliphatic rings. The van der Waals surface area contributed by atoms with E-state index in [1.807, 2.05) is 0 Å². The Labute approximate surface area is 95.9 Å². The summed E-state index contributed by atoms with van der Waals surface area (Å²) in [6.07, 6.45) is 2.41. The zero-order chi connectivity index (χ0) is 12.3. The molecule has 0 fully saturated rings. The molecule has 6 heteroatoms. The maximum absolute atomic E-state index is 13.0. The molecular formula is C11H8F2N3O-. The molecule has 4 nitrogen and oxygen atoms in total. The maximum Gasteiger partial charge on any atom is 0.143 e. The van der Waals surface area contributed by atoms with Crippen LogP contribution in [0.15, 0.2) is 36.7 Å². The number of nitrogens with one attached hydrogen (secondary N) is 2. The fourth-order valence-electron chi connectivity index (χ4n) is 1.34. The van der Waals surface area contributed by atoms with E-state index in [9.17, 15) is 14.0 Å². The monoisotopic (exact) mass is 236 g/mol. The highest BCUT2D eigenvalue weighted by atomic mass is 19.1. The molecule has 0 saturated carbocycles. The molecule has 0 spiro atoms. The van der Waals surface area contributed by atoms with Crippen LogP contribution in [0, 0.1) is 16.8 Å². The highest BCUT2D eigenvalue weighted by Gasteiger charge is 2.03. The van der Waals surface area contributed by atoms with Gasteiger partial charge in [-0.3, -0.25) is 4.98 Å². The summed E-state index contributed by atoms with van der Waals surface area (Å²) in [4.78, 5) is 3.63. The lowest BCUT2D eigenvalue weighted by molar-refractivity contribution is 0.622. The zero-order valence-electron chi connectivity index (χ0n) is 8.58. The molecule has 88 valence electrons. The summed E-state index contributed by atoms with van der Waals surface area (Å²) in [5.74, 6) is -1.03. The molecule has 1 aromatic heterocycles. The van der Waals surface area contributed by atoms with Crippen molar-refractivity contribution in [3.63, 3.8) is 0 Å². The van der Waals surface area contributed by atoms with Gasteiger partial charge in [0, 0.05) is 11.8 Å². The SMILES string of the molecule is [O-]Nc1ccc(F)cc1Nc1cncc(F)c1. The summed E-state index contributed by atoms with van der Waals surface area (Å²) in [5, 5.41) is 13.3. The fourth-order valence-corrected chi connectivity index (χ4v) is 1.34. The molecule has 17 heavy (non-hydrogen) atoms. The van der Waals surface area contributed by atoms with Crippen LogP contribution in [0.25, 0.3) is 0 Å². The van der Waals surface area contributed by atoms with E-state index < -0.39 is 11.6 Å². The highest BCUT2D eigenvalue weighted by molar-refractivity contribution is 5.74. The van der Waals surface area contributed by atoms with Gasteiger partial charge in [-0.1, -0.05) is 0 Å². The van der Waals surface area contributed by atoms with Crippen molar-refractivity contribution in [2.24, 2.45) is 0 Å². The van der Waals surface area contributed by atoms with Crippen molar-refractivity contribution in [1.29, 1.82) is 0 Å². The first-order valence-corrected chi connectivity index (χ1v) is 4.74. The van der Waals surface area contributed by atoms with Crippen LogP contribution in [0.3, 0.4) is 0 Å². The van der Waals surface area contributed by atoms with Crippen LogP contribution in [-0.4, -0.2) is 4.98 Å².